The molecule has 0 saturated heterocycles. The Hall–Kier alpha value is -2.93. The van der Waals surface area contributed by atoms with Crippen molar-refractivity contribution >= 4 is 16.6 Å². The zero-order valence-electron chi connectivity index (χ0n) is 10.9. The van der Waals surface area contributed by atoms with Crippen molar-refractivity contribution in [3.63, 3.8) is 0 Å². The highest BCUT2D eigenvalue weighted by molar-refractivity contribution is 6.00. The molecule has 0 unspecified atom stereocenters. The third kappa shape index (κ3) is 1.69. The molecule has 3 aromatic rings. The van der Waals surface area contributed by atoms with E-state index >= 15 is 0 Å². The summed E-state index contributed by atoms with van der Waals surface area (Å²) in [5, 5.41) is 12.9. The summed E-state index contributed by atoms with van der Waals surface area (Å²) in [6, 6.07) is 16.9. The van der Waals surface area contributed by atoms with Gasteiger partial charge in [0, 0.05) is 18.0 Å². The average Bonchev–Trinajstić information content (AvgIpc) is 2.80. The van der Waals surface area contributed by atoms with E-state index < -0.39 is 0 Å². The van der Waals surface area contributed by atoms with E-state index in [1.54, 1.807) is 12.1 Å². The number of hydrogen-bond acceptors (Lipinski definition) is 3. The van der Waals surface area contributed by atoms with E-state index in [9.17, 15) is 4.91 Å². The molecule has 0 aliphatic heterocycles. The van der Waals surface area contributed by atoms with E-state index in [0.717, 1.165) is 22.2 Å². The highest BCUT2D eigenvalue weighted by Gasteiger charge is 2.16. The maximum Gasteiger partial charge on any atom is 0.141 e. The van der Waals surface area contributed by atoms with Gasteiger partial charge in [-0.2, -0.15) is 5.26 Å². The molecular formula is C16H11N3O. The summed E-state index contributed by atoms with van der Waals surface area (Å²) < 4.78 is 1.95. The Labute approximate surface area is 115 Å². The van der Waals surface area contributed by atoms with Crippen molar-refractivity contribution in [2.75, 3.05) is 0 Å². The number of fused-ring (bicyclic) bond motifs is 1. The molecule has 0 N–H and O–H groups in total. The third-order valence-electron chi connectivity index (χ3n) is 3.46. The number of aryl methyl sites for hydroxylation is 1. The Bertz CT molecular complexity index is 839. The summed E-state index contributed by atoms with van der Waals surface area (Å²) in [7, 11) is 1.91. The van der Waals surface area contributed by atoms with E-state index in [1.807, 2.05) is 48.0 Å². The van der Waals surface area contributed by atoms with Crippen LogP contribution in [0.3, 0.4) is 0 Å². The molecule has 3 rings (SSSR count). The molecule has 20 heavy (non-hydrogen) atoms. The van der Waals surface area contributed by atoms with Crippen LogP contribution in [0.5, 0.6) is 0 Å². The second-order valence-electron chi connectivity index (χ2n) is 4.55. The van der Waals surface area contributed by atoms with Crippen LogP contribution in [0.1, 0.15) is 5.56 Å². The van der Waals surface area contributed by atoms with Gasteiger partial charge in [-0.15, -0.1) is 4.91 Å². The second kappa shape index (κ2) is 4.63. The smallest absolute Gasteiger partial charge is 0.141 e. The van der Waals surface area contributed by atoms with Gasteiger partial charge in [0.2, 0.25) is 0 Å². The van der Waals surface area contributed by atoms with Crippen molar-refractivity contribution in [1.29, 1.82) is 5.26 Å². The molecular weight excluding hydrogens is 250 g/mol. The zero-order chi connectivity index (χ0) is 14.1. The summed E-state index contributed by atoms with van der Waals surface area (Å²) in [4.78, 5) is 11.2. The number of aromatic nitrogens is 1. The first kappa shape index (κ1) is 12.1. The fourth-order valence-corrected chi connectivity index (χ4v) is 2.50. The van der Waals surface area contributed by atoms with Gasteiger partial charge in [-0.25, -0.2) is 0 Å². The van der Waals surface area contributed by atoms with Crippen molar-refractivity contribution in [1.82, 2.24) is 4.57 Å². The first-order chi connectivity index (χ1) is 9.76. The summed E-state index contributed by atoms with van der Waals surface area (Å²) in [5.74, 6) is 0. The van der Waals surface area contributed by atoms with E-state index in [-0.39, 0.29) is 0 Å². The molecule has 0 radical (unpaired) electrons. The van der Waals surface area contributed by atoms with Crippen LogP contribution in [0.15, 0.2) is 53.7 Å². The predicted molar refractivity (Wildman–Crippen MR) is 78.5 cm³/mol. The molecule has 0 bridgehead atoms. The van der Waals surface area contributed by atoms with Crippen LogP contribution in [-0.4, -0.2) is 4.57 Å². The molecule has 0 aliphatic carbocycles. The first-order valence-corrected chi connectivity index (χ1v) is 6.17. The standard InChI is InChI=1S/C16H11N3O/c1-19-14-5-3-2-4-13(14)15(18-20)16(19)12-8-6-11(10-17)7-9-12/h2-9H,1H3. The third-order valence-corrected chi connectivity index (χ3v) is 3.46. The fourth-order valence-electron chi connectivity index (χ4n) is 2.50. The predicted octanol–water partition coefficient (Wildman–Crippen LogP) is 4.11. The molecule has 0 fully saturated rings. The first-order valence-electron chi connectivity index (χ1n) is 6.17. The average molecular weight is 261 g/mol. The Morgan fingerprint density at radius 3 is 2.45 bits per heavy atom. The molecule has 0 atom stereocenters. The number of nitroso groups, excluding NO2 is 1. The summed E-state index contributed by atoms with van der Waals surface area (Å²) in [6.45, 7) is 0. The van der Waals surface area contributed by atoms with Crippen molar-refractivity contribution < 1.29 is 0 Å². The Kier molecular flexibility index (Phi) is 2.81. The minimum Gasteiger partial charge on any atom is -0.342 e. The summed E-state index contributed by atoms with van der Waals surface area (Å²) in [5.41, 5.74) is 3.63. The number of hydrogen-bond donors (Lipinski definition) is 0. The molecule has 0 saturated carbocycles. The highest BCUT2D eigenvalue weighted by atomic mass is 16.3. The van der Waals surface area contributed by atoms with Gasteiger partial charge in [0.15, 0.2) is 0 Å². The Morgan fingerprint density at radius 1 is 1.10 bits per heavy atom. The number of para-hydroxylation sites is 1. The quantitative estimate of drug-likeness (QED) is 0.651. The van der Waals surface area contributed by atoms with Gasteiger partial charge in [0.25, 0.3) is 0 Å². The SMILES string of the molecule is Cn1c(-c2ccc(C#N)cc2)c(N=O)c2ccccc21. The normalized spacial score (nSPS) is 10.4. The van der Waals surface area contributed by atoms with Crippen LogP contribution in [0.4, 0.5) is 5.69 Å². The minimum atomic E-state index is 0.438. The Morgan fingerprint density at radius 2 is 1.80 bits per heavy atom. The largest absolute Gasteiger partial charge is 0.342 e. The Balaban J connectivity index is 2.32. The van der Waals surface area contributed by atoms with Gasteiger partial charge in [-0.1, -0.05) is 30.3 Å². The minimum absolute atomic E-state index is 0.438. The van der Waals surface area contributed by atoms with Crippen LogP contribution in [0.25, 0.3) is 22.2 Å². The van der Waals surface area contributed by atoms with E-state index in [1.165, 1.54) is 0 Å². The monoisotopic (exact) mass is 261 g/mol. The van der Waals surface area contributed by atoms with Gasteiger partial charge in [-0.05, 0) is 23.4 Å². The number of nitriles is 1. The zero-order valence-corrected chi connectivity index (χ0v) is 10.9. The summed E-state index contributed by atoms with van der Waals surface area (Å²) in [6.07, 6.45) is 0. The van der Waals surface area contributed by atoms with Crippen molar-refractivity contribution in [3.8, 4) is 17.3 Å². The molecule has 0 amide bonds. The summed E-state index contributed by atoms with van der Waals surface area (Å²) >= 11 is 0. The van der Waals surface area contributed by atoms with Crippen LogP contribution in [0, 0.1) is 16.2 Å². The second-order valence-corrected chi connectivity index (χ2v) is 4.55. The van der Waals surface area contributed by atoms with Crippen molar-refractivity contribution in [2.45, 2.75) is 0 Å². The van der Waals surface area contributed by atoms with E-state index in [2.05, 4.69) is 11.2 Å². The van der Waals surface area contributed by atoms with Crippen LogP contribution in [0.2, 0.25) is 0 Å². The van der Waals surface area contributed by atoms with Crippen molar-refractivity contribution in [2.24, 2.45) is 12.2 Å². The number of benzene rings is 2. The van der Waals surface area contributed by atoms with Crippen LogP contribution in [-0.2, 0) is 7.05 Å². The topological polar surface area (TPSA) is 58.1 Å². The van der Waals surface area contributed by atoms with Gasteiger partial charge in [0.05, 0.1) is 22.8 Å². The fraction of sp³-hybridized carbons (Fsp3) is 0.0625. The number of nitrogens with zero attached hydrogens (tertiary/aromatic N) is 3. The van der Waals surface area contributed by atoms with Gasteiger partial charge in [0.1, 0.15) is 5.69 Å². The lowest BCUT2D eigenvalue weighted by Gasteiger charge is -2.05. The van der Waals surface area contributed by atoms with Gasteiger partial charge in [-0.3, -0.25) is 0 Å². The molecule has 96 valence electrons. The molecule has 1 heterocycles. The van der Waals surface area contributed by atoms with E-state index in [0.29, 0.717) is 11.3 Å². The lowest BCUT2D eigenvalue weighted by Crippen LogP contribution is -1.91. The van der Waals surface area contributed by atoms with Gasteiger partial charge < -0.3 is 4.57 Å². The molecule has 4 heteroatoms. The van der Waals surface area contributed by atoms with Crippen LogP contribution < -0.4 is 0 Å². The maximum atomic E-state index is 11.2. The molecule has 1 aromatic heterocycles. The molecule has 2 aromatic carbocycles. The molecule has 4 nitrogen and oxygen atoms in total. The lowest BCUT2D eigenvalue weighted by molar-refractivity contribution is 0.978. The van der Waals surface area contributed by atoms with Crippen LogP contribution >= 0.6 is 0 Å². The molecule has 0 aliphatic rings. The highest BCUT2D eigenvalue weighted by Crippen LogP contribution is 2.39. The number of rotatable bonds is 2. The van der Waals surface area contributed by atoms with E-state index in [4.69, 9.17) is 5.26 Å². The molecule has 0 spiro atoms. The lowest BCUT2D eigenvalue weighted by atomic mass is 10.1. The maximum absolute atomic E-state index is 11.2. The van der Waals surface area contributed by atoms with Gasteiger partial charge >= 0.3 is 0 Å². The van der Waals surface area contributed by atoms with Crippen molar-refractivity contribution in [3.05, 3.63) is 59.0 Å².